The van der Waals surface area contributed by atoms with Crippen LogP contribution in [0.3, 0.4) is 0 Å². The number of amidine groups is 1. The molecule has 0 aliphatic carbocycles. The number of nitrogens with zero attached hydrogens (tertiary/aromatic N) is 1. The molecule has 15 heavy (non-hydrogen) atoms. The molecule has 0 spiro atoms. The van der Waals surface area contributed by atoms with E-state index in [1.165, 1.54) is 0 Å². The van der Waals surface area contributed by atoms with E-state index in [0.717, 1.165) is 5.56 Å². The Balaban J connectivity index is 2.78. The van der Waals surface area contributed by atoms with Crippen molar-refractivity contribution < 1.29 is 8.78 Å². The molecule has 0 aliphatic heterocycles. The lowest BCUT2D eigenvalue weighted by atomic mass is 10.2. The van der Waals surface area contributed by atoms with E-state index in [4.69, 9.17) is 17.3 Å². The van der Waals surface area contributed by atoms with Crippen molar-refractivity contribution in [2.24, 2.45) is 10.8 Å². The van der Waals surface area contributed by atoms with Crippen LogP contribution in [0.2, 0.25) is 5.02 Å². The number of hydrogen-bond donors (Lipinski definition) is 2. The Hall–Kier alpha value is -1.36. The number of hydrazone groups is 1. The Kier molecular flexibility index (Phi) is 3.85. The van der Waals surface area contributed by atoms with Crippen molar-refractivity contribution in [2.45, 2.75) is 13.3 Å². The fourth-order valence-corrected chi connectivity index (χ4v) is 1.16. The summed E-state index contributed by atoms with van der Waals surface area (Å²) in [7, 11) is 0. The van der Waals surface area contributed by atoms with Crippen LogP contribution >= 0.6 is 11.6 Å². The smallest absolute Gasteiger partial charge is 0.296 e. The van der Waals surface area contributed by atoms with E-state index in [1.807, 2.05) is 6.92 Å². The van der Waals surface area contributed by atoms with Crippen molar-refractivity contribution in [3.05, 3.63) is 28.8 Å². The fraction of sp³-hybridized carbons (Fsp3) is 0.222. The third kappa shape index (κ3) is 3.36. The quantitative estimate of drug-likeness (QED) is 0.479. The highest BCUT2D eigenvalue weighted by atomic mass is 35.5. The van der Waals surface area contributed by atoms with Gasteiger partial charge in [0.05, 0.1) is 10.7 Å². The third-order valence-corrected chi connectivity index (χ3v) is 1.97. The molecule has 82 valence electrons. The van der Waals surface area contributed by atoms with Crippen molar-refractivity contribution in [2.75, 3.05) is 5.43 Å². The molecule has 6 heteroatoms. The van der Waals surface area contributed by atoms with Gasteiger partial charge in [-0.25, -0.2) is 8.78 Å². The first-order valence-electron chi connectivity index (χ1n) is 4.14. The summed E-state index contributed by atoms with van der Waals surface area (Å²) in [5, 5.41) is 3.70. The van der Waals surface area contributed by atoms with Crippen molar-refractivity contribution >= 4 is 23.1 Å². The number of nitrogens with one attached hydrogen (secondary N) is 1. The molecular weight excluding hydrogens is 224 g/mol. The highest BCUT2D eigenvalue weighted by Crippen LogP contribution is 2.22. The van der Waals surface area contributed by atoms with Crippen LogP contribution in [0.5, 0.6) is 0 Å². The number of halogens is 3. The van der Waals surface area contributed by atoms with Crippen LogP contribution in [-0.4, -0.2) is 12.3 Å². The zero-order valence-corrected chi connectivity index (χ0v) is 8.72. The van der Waals surface area contributed by atoms with Gasteiger partial charge in [0.15, 0.2) is 5.84 Å². The van der Waals surface area contributed by atoms with E-state index in [1.54, 1.807) is 18.2 Å². The minimum Gasteiger partial charge on any atom is -0.381 e. The van der Waals surface area contributed by atoms with Crippen LogP contribution in [0.1, 0.15) is 5.56 Å². The van der Waals surface area contributed by atoms with Crippen LogP contribution in [0.4, 0.5) is 14.5 Å². The van der Waals surface area contributed by atoms with Crippen LogP contribution in [-0.2, 0) is 0 Å². The largest absolute Gasteiger partial charge is 0.381 e. The molecular formula is C9H10ClF2N3. The van der Waals surface area contributed by atoms with E-state index in [0.29, 0.717) is 10.7 Å². The Bertz CT molecular complexity index is 380. The van der Waals surface area contributed by atoms with Gasteiger partial charge >= 0.3 is 0 Å². The van der Waals surface area contributed by atoms with Gasteiger partial charge < -0.3 is 5.73 Å². The topological polar surface area (TPSA) is 50.4 Å². The first-order chi connectivity index (χ1) is 7.00. The molecule has 0 aromatic heterocycles. The Morgan fingerprint density at radius 3 is 2.73 bits per heavy atom. The third-order valence-electron chi connectivity index (χ3n) is 1.65. The molecule has 0 unspecified atom stereocenters. The van der Waals surface area contributed by atoms with Gasteiger partial charge in [0.25, 0.3) is 6.43 Å². The molecule has 1 aromatic rings. The Morgan fingerprint density at radius 1 is 1.53 bits per heavy atom. The summed E-state index contributed by atoms with van der Waals surface area (Å²) in [6.45, 7) is 1.87. The van der Waals surface area contributed by atoms with Crippen molar-refractivity contribution in [3.63, 3.8) is 0 Å². The molecule has 0 saturated carbocycles. The summed E-state index contributed by atoms with van der Waals surface area (Å²) in [4.78, 5) is 0. The van der Waals surface area contributed by atoms with Gasteiger partial charge in [-0.1, -0.05) is 17.7 Å². The van der Waals surface area contributed by atoms with Gasteiger partial charge in [-0.2, -0.15) is 5.10 Å². The molecule has 0 atom stereocenters. The summed E-state index contributed by atoms with van der Waals surface area (Å²) in [5.41, 5.74) is 8.72. The minimum atomic E-state index is -2.78. The van der Waals surface area contributed by atoms with Gasteiger partial charge in [-0.15, -0.1) is 0 Å². The second-order valence-electron chi connectivity index (χ2n) is 2.93. The summed E-state index contributed by atoms with van der Waals surface area (Å²) in [5.74, 6) is -0.772. The van der Waals surface area contributed by atoms with Crippen molar-refractivity contribution in [1.82, 2.24) is 0 Å². The maximum absolute atomic E-state index is 12.0. The summed E-state index contributed by atoms with van der Waals surface area (Å²) >= 11 is 5.83. The molecule has 0 amide bonds. The van der Waals surface area contributed by atoms with E-state index < -0.39 is 12.3 Å². The van der Waals surface area contributed by atoms with Gasteiger partial charge in [-0.05, 0) is 24.6 Å². The summed E-state index contributed by atoms with van der Waals surface area (Å²) in [6, 6.07) is 5.11. The molecule has 0 bridgehead atoms. The lowest BCUT2D eigenvalue weighted by Gasteiger charge is -2.05. The molecule has 0 radical (unpaired) electrons. The predicted octanol–water partition coefficient (Wildman–Crippen LogP) is 2.60. The number of benzene rings is 1. The zero-order valence-electron chi connectivity index (χ0n) is 7.97. The normalized spacial score (nSPS) is 11.9. The average Bonchev–Trinajstić information content (AvgIpc) is 2.15. The highest BCUT2D eigenvalue weighted by molar-refractivity contribution is 6.33. The van der Waals surface area contributed by atoms with Gasteiger partial charge in [0.2, 0.25) is 0 Å². The molecule has 1 aromatic carbocycles. The van der Waals surface area contributed by atoms with Crippen LogP contribution in [0, 0.1) is 6.92 Å². The average molecular weight is 234 g/mol. The fourth-order valence-electron chi connectivity index (χ4n) is 0.884. The molecule has 0 heterocycles. The lowest BCUT2D eigenvalue weighted by Crippen LogP contribution is -2.22. The van der Waals surface area contributed by atoms with Gasteiger partial charge in [-0.3, -0.25) is 5.43 Å². The standard InChI is InChI=1S/C9H10ClF2N3/c1-5-2-3-7(6(10)4-5)14-15-9(13)8(11)12/h2-4,8,14H,1H3,(H2,13,15). The number of hydrogen-bond acceptors (Lipinski definition) is 2. The van der Waals surface area contributed by atoms with E-state index in [9.17, 15) is 8.78 Å². The maximum atomic E-state index is 12.0. The number of nitrogens with two attached hydrogens (primary N) is 1. The first kappa shape index (κ1) is 11.7. The summed E-state index contributed by atoms with van der Waals surface area (Å²) < 4.78 is 23.9. The number of rotatable bonds is 3. The number of anilines is 1. The van der Waals surface area contributed by atoms with Gasteiger partial charge in [0, 0.05) is 0 Å². The first-order valence-corrected chi connectivity index (χ1v) is 4.52. The van der Waals surface area contributed by atoms with Crippen molar-refractivity contribution in [1.29, 1.82) is 0 Å². The molecule has 0 fully saturated rings. The molecule has 1 rings (SSSR count). The minimum absolute atomic E-state index is 0.404. The predicted molar refractivity (Wildman–Crippen MR) is 57.4 cm³/mol. The second kappa shape index (κ2) is 4.93. The van der Waals surface area contributed by atoms with Gasteiger partial charge in [0.1, 0.15) is 0 Å². The lowest BCUT2D eigenvalue weighted by molar-refractivity contribution is 0.224. The number of aryl methyl sites for hydroxylation is 1. The van der Waals surface area contributed by atoms with Crippen LogP contribution in [0.25, 0.3) is 0 Å². The number of alkyl halides is 2. The van der Waals surface area contributed by atoms with Crippen molar-refractivity contribution in [3.8, 4) is 0 Å². The van der Waals surface area contributed by atoms with E-state index in [2.05, 4.69) is 10.5 Å². The zero-order chi connectivity index (χ0) is 11.4. The van der Waals surface area contributed by atoms with E-state index >= 15 is 0 Å². The summed E-state index contributed by atoms with van der Waals surface area (Å²) in [6.07, 6.45) is -2.78. The van der Waals surface area contributed by atoms with E-state index in [-0.39, 0.29) is 0 Å². The highest BCUT2D eigenvalue weighted by Gasteiger charge is 2.07. The molecule has 3 N–H and O–H groups in total. The van der Waals surface area contributed by atoms with Crippen LogP contribution in [0.15, 0.2) is 23.3 Å². The molecule has 0 aliphatic rings. The molecule has 3 nitrogen and oxygen atoms in total. The second-order valence-corrected chi connectivity index (χ2v) is 3.34. The molecule has 0 saturated heterocycles. The monoisotopic (exact) mass is 233 g/mol. The Morgan fingerprint density at radius 2 is 2.20 bits per heavy atom. The SMILES string of the molecule is Cc1ccc(N/N=C(\N)C(F)F)c(Cl)c1. The maximum Gasteiger partial charge on any atom is 0.296 e. The Labute approximate surface area is 90.9 Å². The van der Waals surface area contributed by atoms with Crippen LogP contribution < -0.4 is 11.2 Å².